The summed E-state index contributed by atoms with van der Waals surface area (Å²) in [7, 11) is 0. The molecule has 2 rings (SSSR count). The second kappa shape index (κ2) is 6.23. The second-order valence-electron chi connectivity index (χ2n) is 4.58. The number of nitrogens with zero attached hydrogens (tertiary/aromatic N) is 1. The van der Waals surface area contributed by atoms with E-state index in [0.29, 0.717) is 0 Å². The van der Waals surface area contributed by atoms with Crippen molar-refractivity contribution in [3.05, 3.63) is 34.4 Å². The lowest BCUT2D eigenvalue weighted by molar-refractivity contribution is -0.387. The Hall–Kier alpha value is -2.27. The number of nitro benzene ring substituents is 1. The van der Waals surface area contributed by atoms with Crippen LogP contribution in [-0.2, 0) is 9.53 Å². The molecule has 1 aromatic rings. The molecule has 4 N–H and O–H groups in total. The molecule has 0 radical (unpaired) electrons. The number of para-hydroxylation sites is 2. The van der Waals surface area contributed by atoms with Gasteiger partial charge in [-0.25, -0.2) is 4.79 Å². The van der Waals surface area contributed by atoms with Crippen LogP contribution in [0.15, 0.2) is 24.3 Å². The van der Waals surface area contributed by atoms with E-state index in [0.717, 1.165) is 6.07 Å². The largest absolute Gasteiger partial charge is 0.479 e. The molecule has 10 heteroatoms. The SMILES string of the molecule is O=C(O)[C@H]1O[C@H](Oc2ccccc2[N+](=O)[O-])[C@H](O)[C@@H](O)[C@@H]1O. The number of hydrogen-bond donors (Lipinski definition) is 4. The Morgan fingerprint density at radius 1 is 1.18 bits per heavy atom. The van der Waals surface area contributed by atoms with E-state index in [9.17, 15) is 30.2 Å². The number of aliphatic carboxylic acids is 1. The van der Waals surface area contributed by atoms with Crippen molar-refractivity contribution in [3.63, 3.8) is 0 Å². The summed E-state index contributed by atoms with van der Waals surface area (Å²) in [6, 6.07) is 5.19. The third-order valence-corrected chi connectivity index (χ3v) is 3.12. The Morgan fingerprint density at radius 3 is 2.41 bits per heavy atom. The standard InChI is InChI=1S/C12H13NO9/c14-7-8(15)10(11(17)18)22-12(9(7)16)21-6-4-2-1-3-5(6)13(19)20/h1-4,7-10,12,14-16H,(H,17,18)/t7-,8-,9+,10-,12-/m0/s1. The van der Waals surface area contributed by atoms with Crippen molar-refractivity contribution in [3.8, 4) is 5.75 Å². The predicted molar refractivity (Wildman–Crippen MR) is 68.0 cm³/mol. The van der Waals surface area contributed by atoms with Crippen LogP contribution in [0.4, 0.5) is 5.69 Å². The fraction of sp³-hybridized carbons (Fsp3) is 0.417. The smallest absolute Gasteiger partial charge is 0.335 e. The second-order valence-corrected chi connectivity index (χ2v) is 4.58. The first kappa shape index (κ1) is 16.1. The molecule has 1 aromatic carbocycles. The molecule has 0 amide bonds. The van der Waals surface area contributed by atoms with Crippen molar-refractivity contribution in [1.29, 1.82) is 0 Å². The van der Waals surface area contributed by atoms with Crippen molar-refractivity contribution in [2.75, 3.05) is 0 Å². The zero-order valence-electron chi connectivity index (χ0n) is 11.0. The number of hydrogen-bond acceptors (Lipinski definition) is 8. The summed E-state index contributed by atoms with van der Waals surface area (Å²) in [6.07, 6.45) is -9.03. The van der Waals surface area contributed by atoms with Gasteiger partial charge >= 0.3 is 11.7 Å². The first-order chi connectivity index (χ1) is 10.3. The molecule has 1 aliphatic heterocycles. The summed E-state index contributed by atoms with van der Waals surface area (Å²) in [4.78, 5) is 21.1. The average Bonchev–Trinajstić information content (AvgIpc) is 2.47. The van der Waals surface area contributed by atoms with E-state index in [1.54, 1.807) is 0 Å². The number of carbonyl (C=O) groups is 1. The molecule has 1 aliphatic rings. The lowest BCUT2D eigenvalue weighted by Gasteiger charge is -2.38. The van der Waals surface area contributed by atoms with Gasteiger partial charge in [0.1, 0.15) is 18.3 Å². The molecule has 0 spiro atoms. The molecule has 0 aliphatic carbocycles. The first-order valence-electron chi connectivity index (χ1n) is 6.15. The monoisotopic (exact) mass is 315 g/mol. The van der Waals surface area contributed by atoms with Gasteiger partial charge in [-0.1, -0.05) is 12.1 Å². The molecule has 10 nitrogen and oxygen atoms in total. The van der Waals surface area contributed by atoms with Gasteiger partial charge in [0.15, 0.2) is 11.9 Å². The summed E-state index contributed by atoms with van der Waals surface area (Å²) in [6.45, 7) is 0. The van der Waals surface area contributed by atoms with E-state index in [1.807, 2.05) is 0 Å². The quantitative estimate of drug-likeness (QED) is 0.398. The van der Waals surface area contributed by atoms with E-state index in [1.165, 1.54) is 18.2 Å². The number of carboxylic acid groups (broad SMARTS) is 1. The highest BCUT2D eigenvalue weighted by molar-refractivity contribution is 5.73. The number of aliphatic hydroxyl groups excluding tert-OH is 3. The number of ether oxygens (including phenoxy) is 2. The molecule has 1 heterocycles. The summed E-state index contributed by atoms with van der Waals surface area (Å²) in [5.41, 5.74) is -0.425. The molecule has 0 bridgehead atoms. The van der Waals surface area contributed by atoms with E-state index in [4.69, 9.17) is 14.6 Å². The molecule has 1 fully saturated rings. The lowest BCUT2D eigenvalue weighted by atomic mass is 9.99. The molecular weight excluding hydrogens is 302 g/mol. The maximum Gasteiger partial charge on any atom is 0.335 e. The highest BCUT2D eigenvalue weighted by Gasteiger charge is 2.48. The third kappa shape index (κ3) is 2.99. The lowest BCUT2D eigenvalue weighted by Crippen LogP contribution is -2.61. The third-order valence-electron chi connectivity index (χ3n) is 3.12. The van der Waals surface area contributed by atoms with E-state index >= 15 is 0 Å². The van der Waals surface area contributed by atoms with Crippen LogP contribution in [0.3, 0.4) is 0 Å². The minimum absolute atomic E-state index is 0.274. The number of aliphatic hydroxyl groups is 3. The van der Waals surface area contributed by atoms with Crippen LogP contribution in [0.5, 0.6) is 5.75 Å². The fourth-order valence-electron chi connectivity index (χ4n) is 1.98. The van der Waals surface area contributed by atoms with Crippen LogP contribution >= 0.6 is 0 Å². The van der Waals surface area contributed by atoms with Gasteiger partial charge in [-0.15, -0.1) is 0 Å². The maximum absolute atomic E-state index is 10.9. The van der Waals surface area contributed by atoms with Crippen LogP contribution in [0.25, 0.3) is 0 Å². The zero-order valence-corrected chi connectivity index (χ0v) is 11.0. The van der Waals surface area contributed by atoms with Crippen LogP contribution < -0.4 is 4.74 Å². The van der Waals surface area contributed by atoms with E-state index < -0.39 is 47.3 Å². The zero-order chi connectivity index (χ0) is 16.4. The van der Waals surface area contributed by atoms with Crippen LogP contribution in [0.1, 0.15) is 0 Å². The van der Waals surface area contributed by atoms with Crippen molar-refractivity contribution in [1.82, 2.24) is 0 Å². The van der Waals surface area contributed by atoms with Gasteiger partial charge in [0.2, 0.25) is 6.29 Å². The predicted octanol–water partition coefficient (Wildman–Crippen LogP) is -1.13. The van der Waals surface area contributed by atoms with Gasteiger partial charge in [-0.2, -0.15) is 0 Å². The molecule has 0 aromatic heterocycles. The molecule has 0 unspecified atom stereocenters. The Morgan fingerprint density at radius 2 is 1.82 bits per heavy atom. The highest BCUT2D eigenvalue weighted by atomic mass is 16.7. The molecule has 0 saturated carbocycles. The van der Waals surface area contributed by atoms with Gasteiger partial charge in [0.25, 0.3) is 0 Å². The van der Waals surface area contributed by atoms with Gasteiger partial charge < -0.3 is 29.9 Å². The van der Waals surface area contributed by atoms with Gasteiger partial charge in [0, 0.05) is 6.07 Å². The number of benzene rings is 1. The van der Waals surface area contributed by atoms with Crippen LogP contribution in [-0.4, -0.2) is 62.0 Å². The topological polar surface area (TPSA) is 160 Å². The molecule has 22 heavy (non-hydrogen) atoms. The molecule has 1 saturated heterocycles. The Kier molecular flexibility index (Phi) is 4.56. The Balaban J connectivity index is 2.25. The molecular formula is C12H13NO9. The highest BCUT2D eigenvalue weighted by Crippen LogP contribution is 2.30. The first-order valence-corrected chi connectivity index (χ1v) is 6.15. The van der Waals surface area contributed by atoms with Crippen LogP contribution in [0.2, 0.25) is 0 Å². The fourth-order valence-corrected chi connectivity index (χ4v) is 1.98. The van der Waals surface area contributed by atoms with Crippen molar-refractivity contribution < 1.29 is 39.6 Å². The average molecular weight is 315 g/mol. The van der Waals surface area contributed by atoms with E-state index in [-0.39, 0.29) is 5.75 Å². The Bertz CT molecular complexity index is 577. The summed E-state index contributed by atoms with van der Waals surface area (Å²) in [5.74, 6) is -1.85. The van der Waals surface area contributed by atoms with Crippen molar-refractivity contribution in [2.45, 2.75) is 30.7 Å². The number of carboxylic acids is 1. The van der Waals surface area contributed by atoms with Gasteiger partial charge in [-0.05, 0) is 6.07 Å². The van der Waals surface area contributed by atoms with Crippen LogP contribution in [0, 0.1) is 10.1 Å². The summed E-state index contributed by atoms with van der Waals surface area (Å²) >= 11 is 0. The maximum atomic E-state index is 10.9. The minimum atomic E-state index is -1.86. The number of nitro groups is 1. The van der Waals surface area contributed by atoms with Gasteiger partial charge in [-0.3, -0.25) is 10.1 Å². The molecule has 120 valence electrons. The summed E-state index contributed by atoms with van der Waals surface area (Å²) < 4.78 is 9.99. The normalized spacial score (nSPS) is 31.5. The Labute approximate surface area is 123 Å². The van der Waals surface area contributed by atoms with E-state index in [2.05, 4.69) is 0 Å². The van der Waals surface area contributed by atoms with Crippen molar-refractivity contribution >= 4 is 11.7 Å². The molecule has 5 atom stereocenters. The summed E-state index contributed by atoms with van der Waals surface area (Å²) in [5, 5.41) is 48.7. The minimum Gasteiger partial charge on any atom is -0.479 e. The van der Waals surface area contributed by atoms with Gasteiger partial charge in [0.05, 0.1) is 4.92 Å². The number of rotatable bonds is 4. The van der Waals surface area contributed by atoms with Crippen molar-refractivity contribution in [2.24, 2.45) is 0 Å².